The van der Waals surface area contributed by atoms with Crippen molar-refractivity contribution in [1.82, 2.24) is 15.4 Å². The molecule has 8 nitrogen and oxygen atoms in total. The van der Waals surface area contributed by atoms with E-state index in [2.05, 4.69) is 15.6 Å². The van der Waals surface area contributed by atoms with E-state index in [4.69, 9.17) is 9.36 Å². The highest BCUT2D eigenvalue weighted by Gasteiger charge is 2.48. The third-order valence-corrected chi connectivity index (χ3v) is 6.14. The van der Waals surface area contributed by atoms with Crippen LogP contribution in [0, 0.1) is 5.92 Å². The largest absolute Gasteiger partial charge is 0.391 e. The van der Waals surface area contributed by atoms with Crippen LogP contribution in [-0.4, -0.2) is 66.2 Å². The molecule has 10 heteroatoms. The van der Waals surface area contributed by atoms with Crippen molar-refractivity contribution in [2.24, 2.45) is 11.1 Å². The summed E-state index contributed by atoms with van der Waals surface area (Å²) in [6, 6.07) is 1.56. The fraction of sp³-hybridized carbons (Fsp3) is 0.722. The summed E-state index contributed by atoms with van der Waals surface area (Å²) in [5.41, 5.74) is 0.417. The highest BCUT2D eigenvalue weighted by atomic mass is 16.7. The van der Waals surface area contributed by atoms with E-state index in [9.17, 15) is 9.90 Å². The smallest absolute Gasteiger partial charge is 0.234 e. The molecule has 1 saturated heterocycles. The Labute approximate surface area is 166 Å². The monoisotopic (exact) mass is 386 g/mol. The van der Waals surface area contributed by atoms with Crippen molar-refractivity contribution in [3.05, 3.63) is 11.8 Å². The normalized spacial score (nSPS) is 27.0. The van der Waals surface area contributed by atoms with Crippen LogP contribution < -0.4 is 10.9 Å². The number of amidine groups is 1. The lowest BCUT2D eigenvalue weighted by molar-refractivity contribution is -0.134. The van der Waals surface area contributed by atoms with E-state index >= 15 is 0 Å². The number of carbonyl (C=O) groups is 1. The van der Waals surface area contributed by atoms with Crippen molar-refractivity contribution in [2.45, 2.75) is 69.7 Å². The first-order valence-electron chi connectivity index (χ1n) is 10.4. The first-order chi connectivity index (χ1) is 13.4. The van der Waals surface area contributed by atoms with Gasteiger partial charge in [0.2, 0.25) is 11.6 Å². The van der Waals surface area contributed by atoms with Gasteiger partial charge in [0.25, 0.3) is 0 Å². The van der Waals surface area contributed by atoms with Gasteiger partial charge in [-0.15, -0.1) is 0 Å². The predicted octanol–water partition coefficient (Wildman–Crippen LogP) is -0.810. The molecule has 1 spiro atoms. The van der Waals surface area contributed by atoms with Gasteiger partial charge in [0, 0.05) is 31.4 Å². The van der Waals surface area contributed by atoms with E-state index in [0.717, 1.165) is 38.4 Å². The third kappa shape index (κ3) is 3.43. The number of hydrogen-bond donors (Lipinski definition) is 2. The zero-order chi connectivity index (χ0) is 19.9. The summed E-state index contributed by atoms with van der Waals surface area (Å²) >= 11 is 0. The van der Waals surface area contributed by atoms with E-state index < -0.39 is 17.7 Å². The molecule has 4 rings (SSSR count). The SMILES string of the molecule is BBc1cc(C(C(=O)N2CC(O)CC2C2=NOC3(CCCC3)N2)C(C)C)on1. The second kappa shape index (κ2) is 7.46. The van der Waals surface area contributed by atoms with E-state index in [0.29, 0.717) is 18.0 Å². The number of likely N-dealkylation sites (tertiary alicyclic amines) is 1. The van der Waals surface area contributed by atoms with Gasteiger partial charge in [-0.1, -0.05) is 24.2 Å². The Morgan fingerprint density at radius 1 is 1.46 bits per heavy atom. The van der Waals surface area contributed by atoms with Crippen LogP contribution in [0.25, 0.3) is 0 Å². The highest BCUT2D eigenvalue weighted by molar-refractivity contribution is 6.97. The average molecular weight is 386 g/mol. The van der Waals surface area contributed by atoms with Crippen LogP contribution in [0.2, 0.25) is 0 Å². The van der Waals surface area contributed by atoms with Crippen molar-refractivity contribution >= 4 is 32.2 Å². The van der Waals surface area contributed by atoms with Gasteiger partial charge < -0.3 is 24.7 Å². The second-order valence-corrected chi connectivity index (χ2v) is 8.59. The Hall–Kier alpha value is -1.96. The number of aliphatic hydroxyl groups is 1. The minimum absolute atomic E-state index is 0.0412. The minimum atomic E-state index is -0.577. The van der Waals surface area contributed by atoms with Crippen molar-refractivity contribution in [2.75, 3.05) is 6.54 Å². The topological polar surface area (TPSA) is 100 Å². The fourth-order valence-electron chi connectivity index (χ4n) is 4.59. The molecule has 2 fully saturated rings. The van der Waals surface area contributed by atoms with Crippen molar-refractivity contribution in [3.63, 3.8) is 0 Å². The number of hydrogen-bond acceptors (Lipinski definition) is 7. The van der Waals surface area contributed by atoms with E-state index in [1.165, 1.54) is 0 Å². The van der Waals surface area contributed by atoms with Gasteiger partial charge in [0.15, 0.2) is 5.84 Å². The number of carbonyl (C=O) groups excluding carboxylic acids is 1. The summed E-state index contributed by atoms with van der Waals surface area (Å²) < 4.78 is 5.49. The van der Waals surface area contributed by atoms with Gasteiger partial charge in [-0.3, -0.25) is 4.79 Å². The molecule has 3 atom stereocenters. The Bertz CT molecular complexity index is 763. The summed E-state index contributed by atoms with van der Waals surface area (Å²) in [5.74, 6) is 0.776. The standard InChI is InChI=1S/C18H28B2N4O4/c1-10(2)15(13-8-14(20-19)22-27-13)17(26)24-9-11(25)7-12(24)16-21-18(28-23-16)5-3-4-6-18/h8,10-12,15,20,25H,3-7,9,19H2,1-2H3,(H,21,23). The molecule has 28 heavy (non-hydrogen) atoms. The number of amides is 1. The van der Waals surface area contributed by atoms with Gasteiger partial charge in [0.05, 0.1) is 19.9 Å². The number of nitrogens with one attached hydrogen (secondary N) is 1. The predicted molar refractivity (Wildman–Crippen MR) is 108 cm³/mol. The van der Waals surface area contributed by atoms with Gasteiger partial charge in [-0.05, 0) is 24.8 Å². The maximum absolute atomic E-state index is 13.5. The molecule has 0 aromatic carbocycles. The molecule has 1 aromatic rings. The van der Waals surface area contributed by atoms with E-state index in [-0.39, 0.29) is 24.4 Å². The summed E-state index contributed by atoms with van der Waals surface area (Å²) in [7, 11) is 2.76. The lowest BCUT2D eigenvalue weighted by atomic mass is 9.53. The number of oxime groups is 1. The first-order valence-corrected chi connectivity index (χ1v) is 10.4. The van der Waals surface area contributed by atoms with Gasteiger partial charge in [0.1, 0.15) is 18.8 Å². The zero-order valence-electron chi connectivity index (χ0n) is 16.9. The average Bonchev–Trinajstić information content (AvgIpc) is 3.43. The second-order valence-electron chi connectivity index (χ2n) is 8.59. The number of β-amino-alcohol motifs (C(OH)–C–C–N with tert-alkyl or cyclic N) is 1. The highest BCUT2D eigenvalue weighted by Crippen LogP contribution is 2.36. The van der Waals surface area contributed by atoms with Gasteiger partial charge in [-0.2, -0.15) is 0 Å². The Balaban J connectivity index is 1.55. The molecule has 2 N–H and O–H groups in total. The Morgan fingerprint density at radius 3 is 2.86 bits per heavy atom. The maximum atomic E-state index is 13.5. The molecule has 0 radical (unpaired) electrons. The van der Waals surface area contributed by atoms with E-state index in [1.54, 1.807) is 4.90 Å². The first kappa shape index (κ1) is 19.4. The number of aromatic nitrogens is 1. The quantitative estimate of drug-likeness (QED) is 0.643. The lowest BCUT2D eigenvalue weighted by Gasteiger charge is -2.30. The van der Waals surface area contributed by atoms with Crippen LogP contribution in [0.4, 0.5) is 0 Å². The fourth-order valence-corrected chi connectivity index (χ4v) is 4.59. The molecule has 3 heterocycles. The Kier molecular flexibility index (Phi) is 5.16. The minimum Gasteiger partial charge on any atom is -0.391 e. The van der Waals surface area contributed by atoms with Crippen LogP contribution in [0.3, 0.4) is 0 Å². The molecule has 3 aliphatic rings. The van der Waals surface area contributed by atoms with Crippen molar-refractivity contribution < 1.29 is 19.3 Å². The van der Waals surface area contributed by atoms with Gasteiger partial charge in [-0.25, -0.2) is 0 Å². The number of rotatable bonds is 5. The molecule has 2 aliphatic heterocycles. The molecule has 1 saturated carbocycles. The van der Waals surface area contributed by atoms with Crippen LogP contribution in [0.15, 0.2) is 15.7 Å². The summed E-state index contributed by atoms with van der Waals surface area (Å²) in [6.45, 7) is 4.29. The third-order valence-electron chi connectivity index (χ3n) is 6.14. The van der Waals surface area contributed by atoms with E-state index in [1.807, 2.05) is 27.7 Å². The number of nitrogens with zero attached hydrogens (tertiary/aromatic N) is 3. The van der Waals surface area contributed by atoms with Crippen LogP contribution in [0.1, 0.15) is 57.6 Å². The van der Waals surface area contributed by atoms with Crippen LogP contribution in [-0.2, 0) is 9.63 Å². The Morgan fingerprint density at radius 2 is 2.21 bits per heavy atom. The zero-order valence-corrected chi connectivity index (χ0v) is 16.9. The van der Waals surface area contributed by atoms with Crippen molar-refractivity contribution in [3.8, 4) is 0 Å². The lowest BCUT2D eigenvalue weighted by Crippen LogP contribution is -2.51. The molecule has 1 aromatic heterocycles. The molecular formula is C18H28B2N4O4. The van der Waals surface area contributed by atoms with Crippen LogP contribution >= 0.6 is 0 Å². The molecule has 150 valence electrons. The molecule has 1 amide bonds. The van der Waals surface area contributed by atoms with Crippen LogP contribution in [0.5, 0.6) is 0 Å². The molecule has 3 unspecified atom stereocenters. The summed E-state index contributed by atoms with van der Waals surface area (Å²) in [6.07, 6.45) is 3.91. The molecule has 0 bridgehead atoms. The molecule has 1 aliphatic carbocycles. The maximum Gasteiger partial charge on any atom is 0.234 e. The van der Waals surface area contributed by atoms with Gasteiger partial charge >= 0.3 is 0 Å². The van der Waals surface area contributed by atoms with Crippen molar-refractivity contribution in [1.29, 1.82) is 0 Å². The molecular weight excluding hydrogens is 358 g/mol. The number of aliphatic hydroxyl groups excluding tert-OH is 1. The summed E-state index contributed by atoms with van der Waals surface area (Å²) in [5, 5.41) is 22.1. The summed E-state index contributed by atoms with van der Waals surface area (Å²) in [4.78, 5) is 21.0.